The van der Waals surface area contributed by atoms with E-state index < -0.39 is 0 Å². The molecular weight excluding hydrogens is 228 g/mol. The Morgan fingerprint density at radius 1 is 1.33 bits per heavy atom. The molecule has 0 bridgehead atoms. The normalized spacial score (nSPS) is 22.3. The van der Waals surface area contributed by atoms with Gasteiger partial charge >= 0.3 is 0 Å². The standard InChI is InChI=1S/C14H20N2O2/c1-15-14(18)12-4-2-10(3-5-12)8-16-9-11-6-13(17)7-11/h2-5,11,13,16-17H,6-9H2,1H3,(H,15,18). The van der Waals surface area contributed by atoms with Crippen molar-refractivity contribution in [2.45, 2.75) is 25.5 Å². The summed E-state index contributed by atoms with van der Waals surface area (Å²) in [6.45, 7) is 1.76. The van der Waals surface area contributed by atoms with Gasteiger partial charge in [-0.3, -0.25) is 4.79 Å². The Morgan fingerprint density at radius 3 is 2.56 bits per heavy atom. The van der Waals surface area contributed by atoms with Gasteiger partial charge in [0.2, 0.25) is 0 Å². The molecule has 0 spiro atoms. The average Bonchev–Trinajstić information content (AvgIpc) is 2.36. The van der Waals surface area contributed by atoms with E-state index in [1.807, 2.05) is 24.3 Å². The largest absolute Gasteiger partial charge is 0.393 e. The highest BCUT2D eigenvalue weighted by atomic mass is 16.3. The Labute approximate surface area is 107 Å². The van der Waals surface area contributed by atoms with E-state index in [2.05, 4.69) is 10.6 Å². The fourth-order valence-corrected chi connectivity index (χ4v) is 2.21. The van der Waals surface area contributed by atoms with E-state index in [0.717, 1.165) is 25.9 Å². The summed E-state index contributed by atoms with van der Waals surface area (Å²) in [5.74, 6) is 0.558. The predicted octanol–water partition coefficient (Wildman–Crippen LogP) is 0.907. The van der Waals surface area contributed by atoms with Gasteiger partial charge in [0.1, 0.15) is 0 Å². The number of rotatable bonds is 5. The number of aliphatic hydroxyl groups excluding tert-OH is 1. The van der Waals surface area contributed by atoms with E-state index in [9.17, 15) is 9.90 Å². The second-order valence-electron chi connectivity index (χ2n) is 4.90. The summed E-state index contributed by atoms with van der Waals surface area (Å²) in [4.78, 5) is 11.4. The van der Waals surface area contributed by atoms with Crippen molar-refractivity contribution in [3.63, 3.8) is 0 Å². The van der Waals surface area contributed by atoms with E-state index >= 15 is 0 Å². The first-order valence-corrected chi connectivity index (χ1v) is 6.39. The zero-order valence-corrected chi connectivity index (χ0v) is 10.6. The third-order valence-corrected chi connectivity index (χ3v) is 3.42. The van der Waals surface area contributed by atoms with E-state index in [0.29, 0.717) is 11.5 Å². The number of hydrogen-bond donors (Lipinski definition) is 3. The molecule has 0 unspecified atom stereocenters. The molecule has 3 N–H and O–H groups in total. The molecule has 0 aliphatic heterocycles. The quantitative estimate of drug-likeness (QED) is 0.726. The van der Waals surface area contributed by atoms with Crippen LogP contribution in [0.4, 0.5) is 0 Å². The summed E-state index contributed by atoms with van der Waals surface area (Å²) in [5, 5.41) is 15.2. The van der Waals surface area contributed by atoms with Gasteiger partial charge in [0.05, 0.1) is 6.10 Å². The second-order valence-corrected chi connectivity index (χ2v) is 4.90. The first-order valence-electron chi connectivity index (χ1n) is 6.39. The summed E-state index contributed by atoms with van der Waals surface area (Å²) >= 11 is 0. The molecule has 2 rings (SSSR count). The number of nitrogens with one attached hydrogen (secondary N) is 2. The average molecular weight is 248 g/mol. The fourth-order valence-electron chi connectivity index (χ4n) is 2.21. The molecule has 1 fully saturated rings. The lowest BCUT2D eigenvalue weighted by molar-refractivity contribution is 0.0430. The van der Waals surface area contributed by atoms with Crippen LogP contribution in [0.1, 0.15) is 28.8 Å². The van der Waals surface area contributed by atoms with Gasteiger partial charge in [-0.1, -0.05) is 12.1 Å². The van der Waals surface area contributed by atoms with Gasteiger partial charge in [0, 0.05) is 19.2 Å². The SMILES string of the molecule is CNC(=O)c1ccc(CNCC2CC(O)C2)cc1. The monoisotopic (exact) mass is 248 g/mol. The highest BCUT2D eigenvalue weighted by Crippen LogP contribution is 2.26. The van der Waals surface area contributed by atoms with Crippen molar-refractivity contribution < 1.29 is 9.90 Å². The van der Waals surface area contributed by atoms with Crippen LogP contribution in [-0.4, -0.2) is 30.7 Å². The van der Waals surface area contributed by atoms with Crippen molar-refractivity contribution in [2.75, 3.05) is 13.6 Å². The Bertz CT molecular complexity index is 397. The van der Waals surface area contributed by atoms with Crippen molar-refractivity contribution in [1.82, 2.24) is 10.6 Å². The van der Waals surface area contributed by atoms with E-state index in [4.69, 9.17) is 0 Å². The molecule has 0 aromatic heterocycles. The van der Waals surface area contributed by atoms with Crippen LogP contribution in [0, 0.1) is 5.92 Å². The Hall–Kier alpha value is -1.39. The Kier molecular flexibility index (Phi) is 4.33. The van der Waals surface area contributed by atoms with Crippen LogP contribution in [0.3, 0.4) is 0 Å². The summed E-state index contributed by atoms with van der Waals surface area (Å²) in [6.07, 6.45) is 1.76. The van der Waals surface area contributed by atoms with E-state index in [-0.39, 0.29) is 12.0 Å². The molecule has 1 saturated carbocycles. The number of hydrogen-bond acceptors (Lipinski definition) is 3. The molecule has 0 radical (unpaired) electrons. The first-order chi connectivity index (χ1) is 8.69. The van der Waals surface area contributed by atoms with Gasteiger partial charge < -0.3 is 15.7 Å². The van der Waals surface area contributed by atoms with Crippen LogP contribution in [-0.2, 0) is 6.54 Å². The molecule has 0 saturated heterocycles. The fraction of sp³-hybridized carbons (Fsp3) is 0.500. The third-order valence-electron chi connectivity index (χ3n) is 3.42. The van der Waals surface area contributed by atoms with E-state index in [1.165, 1.54) is 5.56 Å². The van der Waals surface area contributed by atoms with Crippen LogP contribution >= 0.6 is 0 Å². The summed E-state index contributed by atoms with van der Waals surface area (Å²) in [5.41, 5.74) is 1.85. The van der Waals surface area contributed by atoms with Crippen molar-refractivity contribution in [1.29, 1.82) is 0 Å². The highest BCUT2D eigenvalue weighted by molar-refractivity contribution is 5.93. The third kappa shape index (κ3) is 3.31. The van der Waals surface area contributed by atoms with E-state index in [1.54, 1.807) is 7.05 Å². The number of carbonyl (C=O) groups excluding carboxylic acids is 1. The summed E-state index contributed by atoms with van der Waals surface area (Å²) in [6, 6.07) is 7.60. The molecule has 4 heteroatoms. The lowest BCUT2D eigenvalue weighted by atomic mass is 9.82. The minimum Gasteiger partial charge on any atom is -0.393 e. The number of carbonyl (C=O) groups is 1. The highest BCUT2D eigenvalue weighted by Gasteiger charge is 2.26. The van der Waals surface area contributed by atoms with Crippen LogP contribution in [0.2, 0.25) is 0 Å². The maximum atomic E-state index is 11.4. The topological polar surface area (TPSA) is 61.4 Å². The molecule has 1 aromatic carbocycles. The molecular formula is C14H20N2O2. The first kappa shape index (κ1) is 13.1. The van der Waals surface area contributed by atoms with Gasteiger partial charge in [-0.25, -0.2) is 0 Å². The number of aliphatic hydroxyl groups is 1. The number of benzene rings is 1. The van der Waals surface area contributed by atoms with Crippen molar-refractivity contribution in [3.05, 3.63) is 35.4 Å². The molecule has 98 valence electrons. The lowest BCUT2D eigenvalue weighted by Gasteiger charge is -2.31. The van der Waals surface area contributed by atoms with Gasteiger partial charge in [0.15, 0.2) is 0 Å². The van der Waals surface area contributed by atoms with Gasteiger partial charge in [0.25, 0.3) is 5.91 Å². The van der Waals surface area contributed by atoms with Crippen molar-refractivity contribution in [3.8, 4) is 0 Å². The van der Waals surface area contributed by atoms with Crippen LogP contribution in [0.5, 0.6) is 0 Å². The van der Waals surface area contributed by atoms with Gasteiger partial charge in [-0.05, 0) is 43.0 Å². The van der Waals surface area contributed by atoms with Crippen molar-refractivity contribution >= 4 is 5.91 Å². The van der Waals surface area contributed by atoms with Crippen molar-refractivity contribution in [2.24, 2.45) is 5.92 Å². The molecule has 1 aliphatic carbocycles. The molecule has 18 heavy (non-hydrogen) atoms. The molecule has 1 aromatic rings. The lowest BCUT2D eigenvalue weighted by Crippen LogP contribution is -2.35. The minimum absolute atomic E-state index is 0.0574. The minimum atomic E-state index is -0.0800. The molecule has 0 heterocycles. The molecule has 1 aliphatic rings. The van der Waals surface area contributed by atoms with Crippen LogP contribution in [0.25, 0.3) is 0 Å². The smallest absolute Gasteiger partial charge is 0.251 e. The summed E-state index contributed by atoms with van der Waals surface area (Å²) in [7, 11) is 1.63. The number of amides is 1. The molecule has 1 amide bonds. The van der Waals surface area contributed by atoms with Crippen LogP contribution < -0.4 is 10.6 Å². The maximum absolute atomic E-state index is 11.4. The second kappa shape index (κ2) is 5.98. The summed E-state index contributed by atoms with van der Waals surface area (Å²) < 4.78 is 0. The molecule has 0 atom stereocenters. The van der Waals surface area contributed by atoms with Crippen LogP contribution in [0.15, 0.2) is 24.3 Å². The van der Waals surface area contributed by atoms with Gasteiger partial charge in [-0.2, -0.15) is 0 Å². The molecule has 4 nitrogen and oxygen atoms in total. The Balaban J connectivity index is 1.74. The predicted molar refractivity (Wildman–Crippen MR) is 70.3 cm³/mol. The zero-order chi connectivity index (χ0) is 13.0. The van der Waals surface area contributed by atoms with Gasteiger partial charge in [-0.15, -0.1) is 0 Å². The Morgan fingerprint density at radius 2 is 2.00 bits per heavy atom. The maximum Gasteiger partial charge on any atom is 0.251 e. The zero-order valence-electron chi connectivity index (χ0n) is 10.6.